The molecule has 2 aliphatic rings. The Morgan fingerprint density at radius 1 is 1.28 bits per heavy atom. The SMILES string of the molecule is Cc1ccc(NC(=O)[C@H]2C[C@@H]2[N+](=O)[O-])cc1S(=O)(=O)N1CCCCC1. The predicted molar refractivity (Wildman–Crippen MR) is 91.3 cm³/mol. The third kappa shape index (κ3) is 3.67. The van der Waals surface area contributed by atoms with Crippen molar-refractivity contribution < 1.29 is 18.1 Å². The highest BCUT2D eigenvalue weighted by Gasteiger charge is 2.53. The van der Waals surface area contributed by atoms with Crippen molar-refractivity contribution in [3.8, 4) is 0 Å². The molecule has 3 rings (SSSR count). The summed E-state index contributed by atoms with van der Waals surface area (Å²) in [7, 11) is -3.61. The molecule has 1 aliphatic heterocycles. The zero-order valence-electron chi connectivity index (χ0n) is 14.0. The fraction of sp³-hybridized carbons (Fsp3) is 0.562. The summed E-state index contributed by atoms with van der Waals surface area (Å²) < 4.78 is 27.2. The van der Waals surface area contributed by atoms with Crippen LogP contribution >= 0.6 is 0 Å². The molecule has 0 aromatic heterocycles. The predicted octanol–water partition coefficient (Wildman–Crippen LogP) is 1.77. The average molecular weight is 367 g/mol. The van der Waals surface area contributed by atoms with Crippen molar-refractivity contribution >= 4 is 21.6 Å². The summed E-state index contributed by atoms with van der Waals surface area (Å²) in [6.07, 6.45) is 2.95. The summed E-state index contributed by atoms with van der Waals surface area (Å²) in [6, 6.07) is 3.87. The minimum atomic E-state index is -3.61. The first-order valence-electron chi connectivity index (χ1n) is 8.36. The highest BCUT2D eigenvalue weighted by Crippen LogP contribution is 2.34. The lowest BCUT2D eigenvalue weighted by Crippen LogP contribution is -2.36. The standard InChI is InChI=1S/C16H21N3O5S/c1-11-5-6-12(17-16(20)13-10-14(13)19(21)22)9-15(11)25(23,24)18-7-3-2-4-8-18/h5-6,9,13-14H,2-4,7-8,10H2,1H3,(H,17,20)/t13-,14-/m0/s1. The third-order valence-electron chi connectivity index (χ3n) is 4.75. The maximum absolute atomic E-state index is 12.9. The lowest BCUT2D eigenvalue weighted by atomic mass is 10.2. The molecule has 0 unspecified atom stereocenters. The van der Waals surface area contributed by atoms with Gasteiger partial charge in [0.05, 0.1) is 4.90 Å². The second-order valence-electron chi connectivity index (χ2n) is 6.63. The minimum absolute atomic E-state index is 0.175. The number of anilines is 1. The number of hydrogen-bond acceptors (Lipinski definition) is 5. The highest BCUT2D eigenvalue weighted by molar-refractivity contribution is 7.89. The number of aryl methyl sites for hydroxylation is 1. The largest absolute Gasteiger partial charge is 0.326 e. The Kier molecular flexibility index (Phi) is 4.79. The van der Waals surface area contributed by atoms with Gasteiger partial charge in [0.2, 0.25) is 22.0 Å². The topological polar surface area (TPSA) is 110 Å². The number of sulfonamides is 1. The van der Waals surface area contributed by atoms with Gasteiger partial charge in [-0.2, -0.15) is 4.31 Å². The minimum Gasteiger partial charge on any atom is -0.326 e. The van der Waals surface area contributed by atoms with Crippen LogP contribution in [0.3, 0.4) is 0 Å². The van der Waals surface area contributed by atoms with E-state index in [4.69, 9.17) is 0 Å². The summed E-state index contributed by atoms with van der Waals surface area (Å²) >= 11 is 0. The number of carbonyl (C=O) groups excluding carboxylic acids is 1. The maximum atomic E-state index is 12.9. The molecule has 1 aromatic rings. The van der Waals surface area contributed by atoms with E-state index in [-0.39, 0.29) is 11.3 Å². The Balaban J connectivity index is 1.79. The Bertz CT molecular complexity index is 802. The summed E-state index contributed by atoms with van der Waals surface area (Å²) in [5, 5.41) is 13.3. The lowest BCUT2D eigenvalue weighted by molar-refractivity contribution is -0.497. The normalized spacial score (nSPS) is 23.9. The third-order valence-corrected chi connectivity index (χ3v) is 6.79. The molecule has 8 nitrogen and oxygen atoms in total. The molecule has 25 heavy (non-hydrogen) atoms. The number of nitro groups is 1. The van der Waals surface area contributed by atoms with Crippen LogP contribution in [0.15, 0.2) is 23.1 Å². The van der Waals surface area contributed by atoms with Crippen molar-refractivity contribution in [2.24, 2.45) is 5.92 Å². The van der Waals surface area contributed by atoms with Gasteiger partial charge in [-0.05, 0) is 37.5 Å². The molecule has 0 spiro atoms. The molecule has 2 atom stereocenters. The summed E-state index contributed by atoms with van der Waals surface area (Å²) in [5.74, 6) is -1.08. The highest BCUT2D eigenvalue weighted by atomic mass is 32.2. The summed E-state index contributed by atoms with van der Waals surface area (Å²) in [5.41, 5.74) is 0.957. The molecule has 136 valence electrons. The zero-order chi connectivity index (χ0) is 18.2. The van der Waals surface area contributed by atoms with Crippen LogP contribution in [0, 0.1) is 23.0 Å². The second-order valence-corrected chi connectivity index (χ2v) is 8.54. The van der Waals surface area contributed by atoms with E-state index in [2.05, 4.69) is 5.32 Å². The first-order valence-corrected chi connectivity index (χ1v) is 9.80. The van der Waals surface area contributed by atoms with Crippen LogP contribution in [0.4, 0.5) is 5.69 Å². The van der Waals surface area contributed by atoms with Crippen LogP contribution < -0.4 is 5.32 Å². The van der Waals surface area contributed by atoms with Gasteiger partial charge in [0, 0.05) is 30.1 Å². The fourth-order valence-electron chi connectivity index (χ4n) is 3.13. The smallest absolute Gasteiger partial charge is 0.243 e. The summed E-state index contributed by atoms with van der Waals surface area (Å²) in [6.45, 7) is 2.72. The van der Waals surface area contributed by atoms with Gasteiger partial charge in [0.1, 0.15) is 5.92 Å². The molecular weight excluding hydrogens is 346 g/mol. The number of nitrogens with one attached hydrogen (secondary N) is 1. The molecule has 9 heteroatoms. The summed E-state index contributed by atoms with van der Waals surface area (Å²) in [4.78, 5) is 22.5. The number of carbonyl (C=O) groups is 1. The van der Waals surface area contributed by atoms with E-state index in [0.717, 1.165) is 19.3 Å². The molecule has 1 aromatic carbocycles. The Morgan fingerprint density at radius 2 is 1.96 bits per heavy atom. The van der Waals surface area contributed by atoms with E-state index in [1.54, 1.807) is 19.1 Å². The van der Waals surface area contributed by atoms with Gasteiger partial charge in [0.15, 0.2) is 0 Å². The van der Waals surface area contributed by atoms with E-state index in [1.165, 1.54) is 10.4 Å². The molecule has 1 amide bonds. The van der Waals surface area contributed by atoms with Crippen LogP contribution in [0.2, 0.25) is 0 Å². The van der Waals surface area contributed by atoms with Crippen molar-refractivity contribution in [2.75, 3.05) is 18.4 Å². The number of hydrogen-bond donors (Lipinski definition) is 1. The Hall–Kier alpha value is -2.00. The average Bonchev–Trinajstić information content (AvgIpc) is 3.38. The number of piperidine rings is 1. The van der Waals surface area contributed by atoms with Crippen LogP contribution in [-0.2, 0) is 14.8 Å². The number of amides is 1. The molecule has 1 saturated carbocycles. The van der Waals surface area contributed by atoms with Gasteiger partial charge in [-0.1, -0.05) is 12.5 Å². The quantitative estimate of drug-likeness (QED) is 0.630. The molecule has 1 heterocycles. The molecule has 1 N–H and O–H groups in total. The van der Waals surface area contributed by atoms with Crippen LogP contribution in [0.25, 0.3) is 0 Å². The van der Waals surface area contributed by atoms with Crippen molar-refractivity contribution in [3.05, 3.63) is 33.9 Å². The van der Waals surface area contributed by atoms with Gasteiger partial charge in [-0.3, -0.25) is 14.9 Å². The number of nitrogens with zero attached hydrogens (tertiary/aromatic N) is 2. The van der Waals surface area contributed by atoms with Crippen molar-refractivity contribution in [1.82, 2.24) is 4.31 Å². The van der Waals surface area contributed by atoms with E-state index in [0.29, 0.717) is 24.3 Å². The molecule has 2 fully saturated rings. The molecule has 1 aliphatic carbocycles. The maximum Gasteiger partial charge on any atom is 0.243 e. The van der Waals surface area contributed by atoms with Crippen LogP contribution in [0.5, 0.6) is 0 Å². The van der Waals surface area contributed by atoms with E-state index >= 15 is 0 Å². The second kappa shape index (κ2) is 6.72. The van der Waals surface area contributed by atoms with E-state index < -0.39 is 32.8 Å². The first-order chi connectivity index (χ1) is 11.8. The van der Waals surface area contributed by atoms with E-state index in [1.807, 2.05) is 0 Å². The Labute approximate surface area is 146 Å². The van der Waals surface area contributed by atoms with Gasteiger partial charge in [-0.25, -0.2) is 8.42 Å². The van der Waals surface area contributed by atoms with Gasteiger partial charge in [0.25, 0.3) is 0 Å². The lowest BCUT2D eigenvalue weighted by Gasteiger charge is -2.26. The number of benzene rings is 1. The molecule has 0 radical (unpaired) electrons. The van der Waals surface area contributed by atoms with E-state index in [9.17, 15) is 23.3 Å². The van der Waals surface area contributed by atoms with Crippen LogP contribution in [0.1, 0.15) is 31.2 Å². The zero-order valence-corrected chi connectivity index (χ0v) is 14.8. The Morgan fingerprint density at radius 3 is 2.56 bits per heavy atom. The number of rotatable bonds is 5. The first kappa shape index (κ1) is 17.8. The van der Waals surface area contributed by atoms with Gasteiger partial charge < -0.3 is 5.32 Å². The van der Waals surface area contributed by atoms with Crippen molar-refractivity contribution in [2.45, 2.75) is 43.5 Å². The molecular formula is C16H21N3O5S. The fourth-order valence-corrected chi connectivity index (χ4v) is 4.90. The van der Waals surface area contributed by atoms with Gasteiger partial charge >= 0.3 is 0 Å². The van der Waals surface area contributed by atoms with Crippen molar-refractivity contribution in [3.63, 3.8) is 0 Å². The molecule has 0 bridgehead atoms. The van der Waals surface area contributed by atoms with Crippen molar-refractivity contribution in [1.29, 1.82) is 0 Å². The monoisotopic (exact) mass is 367 g/mol. The van der Waals surface area contributed by atoms with Crippen LogP contribution in [-0.4, -0.2) is 42.7 Å². The van der Waals surface area contributed by atoms with Gasteiger partial charge in [-0.15, -0.1) is 0 Å². The molecule has 1 saturated heterocycles.